The molecule has 1 N–H and O–H groups in total. The minimum absolute atomic E-state index is 0.301. The van der Waals surface area contributed by atoms with Gasteiger partial charge in [-0.25, -0.2) is 9.97 Å². The highest BCUT2D eigenvalue weighted by Gasteiger charge is 2.25. The first-order chi connectivity index (χ1) is 12.4. The minimum atomic E-state index is 0.301. The van der Waals surface area contributed by atoms with Gasteiger partial charge in [0.2, 0.25) is 5.95 Å². The fourth-order valence-electron chi connectivity index (χ4n) is 3.97. The number of ether oxygens (including phenoxy) is 1. The molecule has 1 aromatic carbocycles. The van der Waals surface area contributed by atoms with Gasteiger partial charge in [0.1, 0.15) is 0 Å². The minimum Gasteiger partial charge on any atom is -0.378 e. The molecule has 2 fully saturated rings. The van der Waals surface area contributed by atoms with Crippen LogP contribution >= 0.6 is 0 Å². The van der Waals surface area contributed by atoms with Gasteiger partial charge in [-0.1, -0.05) is 24.3 Å². The predicted molar refractivity (Wildman–Crippen MR) is 97.9 cm³/mol. The lowest BCUT2D eigenvalue weighted by Crippen LogP contribution is -2.38. The molecule has 5 rings (SSSR count). The van der Waals surface area contributed by atoms with Crippen LogP contribution in [0.15, 0.2) is 24.3 Å². The van der Waals surface area contributed by atoms with E-state index in [0.717, 1.165) is 57.3 Å². The van der Waals surface area contributed by atoms with Crippen molar-refractivity contribution in [2.45, 2.75) is 31.7 Å². The molecule has 5 heteroatoms. The highest BCUT2D eigenvalue weighted by atomic mass is 16.5. The summed E-state index contributed by atoms with van der Waals surface area (Å²) in [6.07, 6.45) is 4.64. The van der Waals surface area contributed by atoms with Crippen molar-refractivity contribution in [3.05, 3.63) is 41.1 Å². The van der Waals surface area contributed by atoms with Crippen LogP contribution in [0.4, 0.5) is 5.95 Å². The molecular formula is C20H24N4O. The van der Waals surface area contributed by atoms with E-state index in [2.05, 4.69) is 34.5 Å². The first-order valence-electron chi connectivity index (χ1n) is 9.45. The molecule has 0 amide bonds. The monoisotopic (exact) mass is 336 g/mol. The van der Waals surface area contributed by atoms with E-state index >= 15 is 0 Å². The van der Waals surface area contributed by atoms with E-state index < -0.39 is 0 Å². The molecule has 130 valence electrons. The van der Waals surface area contributed by atoms with Crippen molar-refractivity contribution < 1.29 is 4.74 Å². The number of nitrogens with one attached hydrogen (secondary N) is 1. The Morgan fingerprint density at radius 1 is 1.04 bits per heavy atom. The first-order valence-corrected chi connectivity index (χ1v) is 9.45. The number of hydrogen-bond acceptors (Lipinski definition) is 5. The number of hydrogen-bond donors (Lipinski definition) is 1. The molecule has 3 aliphatic rings. The van der Waals surface area contributed by atoms with Crippen molar-refractivity contribution in [3.63, 3.8) is 0 Å². The molecule has 0 spiro atoms. The molecule has 5 nitrogen and oxygen atoms in total. The Kier molecular flexibility index (Phi) is 3.91. The van der Waals surface area contributed by atoms with E-state index in [1.807, 2.05) is 0 Å². The van der Waals surface area contributed by atoms with Crippen LogP contribution in [0.3, 0.4) is 0 Å². The van der Waals surface area contributed by atoms with Crippen molar-refractivity contribution in [1.82, 2.24) is 15.3 Å². The number of aromatic nitrogens is 2. The van der Waals surface area contributed by atoms with Gasteiger partial charge in [-0.3, -0.25) is 0 Å². The van der Waals surface area contributed by atoms with Gasteiger partial charge in [-0.05, 0) is 31.2 Å². The Labute approximate surface area is 148 Å². The lowest BCUT2D eigenvalue weighted by molar-refractivity contribution is 0.0769. The normalized spacial score (nSPS) is 22.6. The number of benzene rings is 1. The lowest BCUT2D eigenvalue weighted by Gasteiger charge is -2.31. The number of rotatable bonds is 3. The zero-order chi connectivity index (χ0) is 16.6. The molecule has 1 aromatic heterocycles. The summed E-state index contributed by atoms with van der Waals surface area (Å²) in [4.78, 5) is 12.1. The van der Waals surface area contributed by atoms with Gasteiger partial charge in [-0.15, -0.1) is 0 Å². The molecule has 0 bridgehead atoms. The number of nitrogens with zero attached hydrogens (tertiary/aromatic N) is 3. The smallest absolute Gasteiger partial charge is 0.226 e. The maximum Gasteiger partial charge on any atom is 0.226 e. The van der Waals surface area contributed by atoms with Crippen molar-refractivity contribution in [3.8, 4) is 11.3 Å². The highest BCUT2D eigenvalue weighted by molar-refractivity contribution is 5.67. The van der Waals surface area contributed by atoms with Gasteiger partial charge in [-0.2, -0.15) is 0 Å². The van der Waals surface area contributed by atoms with Crippen LogP contribution in [0.5, 0.6) is 0 Å². The van der Waals surface area contributed by atoms with Crippen LogP contribution in [0.2, 0.25) is 0 Å². The van der Waals surface area contributed by atoms with Gasteiger partial charge >= 0.3 is 0 Å². The first kappa shape index (κ1) is 15.3. The summed E-state index contributed by atoms with van der Waals surface area (Å²) < 4.78 is 5.58. The zero-order valence-corrected chi connectivity index (χ0v) is 14.5. The number of morpholine rings is 1. The van der Waals surface area contributed by atoms with Gasteiger partial charge in [0.15, 0.2) is 0 Å². The summed E-state index contributed by atoms with van der Waals surface area (Å²) in [5, 5.41) is 3.52. The third kappa shape index (κ3) is 2.81. The fourth-order valence-corrected chi connectivity index (χ4v) is 3.97. The molecule has 2 saturated heterocycles. The Morgan fingerprint density at radius 3 is 2.64 bits per heavy atom. The molecule has 1 atom stereocenters. The van der Waals surface area contributed by atoms with Crippen LogP contribution < -0.4 is 10.2 Å². The fraction of sp³-hybridized carbons (Fsp3) is 0.500. The maximum atomic E-state index is 5.58. The topological polar surface area (TPSA) is 50.3 Å². The highest BCUT2D eigenvalue weighted by Crippen LogP contribution is 2.33. The predicted octanol–water partition coefficient (Wildman–Crippen LogP) is 2.50. The van der Waals surface area contributed by atoms with E-state index in [-0.39, 0.29) is 0 Å². The van der Waals surface area contributed by atoms with Crippen LogP contribution in [-0.2, 0) is 17.6 Å². The molecule has 0 saturated carbocycles. The standard InChI is InChI=1S/C20H24N4O/c1-3-16-17(4-1)22-20(24-10-2-11-24)23-19(16)15-7-5-14(6-8-15)18-13-25-12-9-21-18/h5-8,18,21H,1-4,9-13H2. The van der Waals surface area contributed by atoms with Crippen molar-refractivity contribution in [1.29, 1.82) is 0 Å². The van der Waals surface area contributed by atoms with Crippen LogP contribution in [-0.4, -0.2) is 42.8 Å². The maximum absolute atomic E-state index is 5.58. The molecule has 1 aliphatic carbocycles. The summed E-state index contributed by atoms with van der Waals surface area (Å²) in [5.74, 6) is 0.924. The second-order valence-corrected chi connectivity index (χ2v) is 7.20. The summed E-state index contributed by atoms with van der Waals surface area (Å²) in [7, 11) is 0. The van der Waals surface area contributed by atoms with E-state index in [9.17, 15) is 0 Å². The second-order valence-electron chi connectivity index (χ2n) is 7.20. The van der Waals surface area contributed by atoms with E-state index in [4.69, 9.17) is 14.7 Å². The average Bonchev–Trinajstić information content (AvgIpc) is 3.09. The van der Waals surface area contributed by atoms with E-state index in [1.54, 1.807) is 0 Å². The van der Waals surface area contributed by atoms with Crippen molar-refractivity contribution in [2.24, 2.45) is 0 Å². The van der Waals surface area contributed by atoms with E-state index in [0.29, 0.717) is 6.04 Å². The van der Waals surface area contributed by atoms with Crippen LogP contribution in [0.1, 0.15) is 35.7 Å². The third-order valence-electron chi connectivity index (χ3n) is 5.57. The molecule has 2 aromatic rings. The molecule has 3 heterocycles. The molecule has 2 aliphatic heterocycles. The van der Waals surface area contributed by atoms with Crippen molar-refractivity contribution in [2.75, 3.05) is 37.7 Å². The summed E-state index contributed by atoms with van der Waals surface area (Å²) >= 11 is 0. The molecule has 1 unspecified atom stereocenters. The van der Waals surface area contributed by atoms with Gasteiger partial charge in [0.05, 0.1) is 24.9 Å². The van der Waals surface area contributed by atoms with Crippen LogP contribution in [0.25, 0.3) is 11.3 Å². The van der Waals surface area contributed by atoms with Crippen LogP contribution in [0, 0.1) is 0 Å². The largest absolute Gasteiger partial charge is 0.378 e. The Morgan fingerprint density at radius 2 is 1.92 bits per heavy atom. The quantitative estimate of drug-likeness (QED) is 0.933. The zero-order valence-electron chi connectivity index (χ0n) is 14.5. The van der Waals surface area contributed by atoms with Gasteiger partial charge < -0.3 is 15.0 Å². The average molecular weight is 336 g/mol. The van der Waals surface area contributed by atoms with Gasteiger partial charge in [0.25, 0.3) is 0 Å². The Balaban J connectivity index is 1.48. The SMILES string of the molecule is c1cc(C2COCCN2)ccc1-c1nc(N2CCC2)nc2c1CCC2. The summed E-state index contributed by atoms with van der Waals surface area (Å²) in [6.45, 7) is 4.66. The summed E-state index contributed by atoms with van der Waals surface area (Å²) in [5.41, 5.74) is 6.26. The van der Waals surface area contributed by atoms with Crippen molar-refractivity contribution >= 4 is 5.95 Å². The second kappa shape index (κ2) is 6.39. The van der Waals surface area contributed by atoms with E-state index in [1.165, 1.54) is 35.2 Å². The lowest BCUT2D eigenvalue weighted by atomic mass is 10.0. The Bertz CT molecular complexity index is 764. The number of aryl methyl sites for hydroxylation is 1. The number of fused-ring (bicyclic) bond motifs is 1. The summed E-state index contributed by atoms with van der Waals surface area (Å²) in [6, 6.07) is 9.16. The Hall–Kier alpha value is -1.98. The third-order valence-corrected chi connectivity index (χ3v) is 5.57. The molecular weight excluding hydrogens is 312 g/mol. The molecule has 25 heavy (non-hydrogen) atoms. The molecule has 0 radical (unpaired) electrons. The number of anilines is 1. The van der Waals surface area contributed by atoms with Gasteiger partial charge in [0, 0.05) is 36.5 Å².